The third-order valence-electron chi connectivity index (χ3n) is 8.53. The van der Waals surface area contributed by atoms with Crippen molar-refractivity contribution in [1.29, 1.82) is 0 Å². The number of aliphatic hydroxyl groups is 3. The van der Waals surface area contributed by atoms with E-state index in [4.69, 9.17) is 10.5 Å². The molecule has 0 aromatic heterocycles. The third-order valence-corrected chi connectivity index (χ3v) is 8.53. The van der Waals surface area contributed by atoms with Crippen LogP contribution >= 0.6 is 0 Å². The molecule has 10 heteroatoms. The standard InChI is InChI=1S/C27H29NO9/c1-11-13-7-4-8-15(29)19(13)22(32)21-18(11)23(37-17(31)9-12-5-2-3-6-12)14-10-16(30)20(26(28)35)24(33)27(14,36)25(21)34/h4,7-8,11-12,14,18,23,29,32-33,36H,2-3,5-6,9-10H2,1H3,(H2,28,35). The lowest BCUT2D eigenvalue weighted by Gasteiger charge is -2.51. The Bertz CT molecular complexity index is 1290. The van der Waals surface area contributed by atoms with Crippen molar-refractivity contribution < 1.29 is 44.3 Å². The van der Waals surface area contributed by atoms with Crippen LogP contribution < -0.4 is 5.73 Å². The molecular formula is C27H29NO9. The van der Waals surface area contributed by atoms with Crippen molar-refractivity contribution in [3.05, 3.63) is 46.2 Å². The lowest BCUT2D eigenvalue weighted by molar-refractivity contribution is -0.179. The number of primary amides is 1. The fourth-order valence-electron chi connectivity index (χ4n) is 6.73. The maximum absolute atomic E-state index is 13.8. The number of phenols is 1. The summed E-state index contributed by atoms with van der Waals surface area (Å²) >= 11 is 0. The van der Waals surface area contributed by atoms with Gasteiger partial charge in [-0.05, 0) is 36.3 Å². The summed E-state index contributed by atoms with van der Waals surface area (Å²) in [6.45, 7) is 1.72. The molecule has 196 valence electrons. The molecule has 1 aromatic rings. The first-order chi connectivity index (χ1) is 17.5. The highest BCUT2D eigenvalue weighted by Gasteiger charge is 2.66. The van der Waals surface area contributed by atoms with Gasteiger partial charge >= 0.3 is 5.97 Å². The Morgan fingerprint density at radius 3 is 2.46 bits per heavy atom. The number of hydrogen-bond donors (Lipinski definition) is 5. The molecule has 1 aromatic carbocycles. The SMILES string of the molecule is CC1c2cccc(O)c2C(O)=C2C(=O)C3(O)C(O)=C(C(N)=O)C(=O)CC3C(OC(=O)CC3CCCC3)C21. The van der Waals surface area contributed by atoms with Crippen LogP contribution in [0.4, 0.5) is 0 Å². The number of hydrogen-bond acceptors (Lipinski definition) is 9. The number of nitrogens with two attached hydrogens (primary N) is 1. The molecule has 6 N–H and O–H groups in total. The van der Waals surface area contributed by atoms with Crippen LogP contribution in [0.15, 0.2) is 35.1 Å². The molecule has 1 amide bonds. The lowest BCUT2D eigenvalue weighted by atomic mass is 9.55. The van der Waals surface area contributed by atoms with Crippen molar-refractivity contribution in [1.82, 2.24) is 0 Å². The highest BCUT2D eigenvalue weighted by Crippen LogP contribution is 2.56. The molecule has 4 aliphatic rings. The van der Waals surface area contributed by atoms with Crippen LogP contribution in [0.2, 0.25) is 0 Å². The van der Waals surface area contributed by atoms with E-state index in [2.05, 4.69) is 0 Å². The van der Waals surface area contributed by atoms with Gasteiger partial charge in [-0.1, -0.05) is 31.9 Å². The molecule has 5 unspecified atom stereocenters. The molecule has 10 nitrogen and oxygen atoms in total. The molecule has 0 spiro atoms. The Hall–Kier alpha value is -3.66. The fourth-order valence-corrected chi connectivity index (χ4v) is 6.73. The van der Waals surface area contributed by atoms with E-state index in [1.807, 2.05) is 0 Å². The second-order valence-corrected chi connectivity index (χ2v) is 10.5. The summed E-state index contributed by atoms with van der Waals surface area (Å²) in [6.07, 6.45) is 1.96. The number of carbonyl (C=O) groups is 4. The Morgan fingerprint density at radius 2 is 1.81 bits per heavy atom. The quantitative estimate of drug-likeness (QED) is 0.298. The zero-order valence-corrected chi connectivity index (χ0v) is 20.3. The number of fused-ring (bicyclic) bond motifs is 3. The monoisotopic (exact) mass is 511 g/mol. The number of aliphatic hydroxyl groups excluding tert-OH is 2. The number of benzene rings is 1. The predicted molar refractivity (Wildman–Crippen MR) is 128 cm³/mol. The molecule has 0 radical (unpaired) electrons. The van der Waals surface area contributed by atoms with Gasteiger partial charge in [-0.2, -0.15) is 0 Å². The molecule has 2 fully saturated rings. The molecule has 0 aliphatic heterocycles. The van der Waals surface area contributed by atoms with E-state index in [0.717, 1.165) is 25.7 Å². The summed E-state index contributed by atoms with van der Waals surface area (Å²) in [5, 5.41) is 44.3. The molecule has 5 rings (SSSR count). The lowest BCUT2D eigenvalue weighted by Crippen LogP contribution is -2.64. The molecule has 2 saturated carbocycles. The van der Waals surface area contributed by atoms with Crippen molar-refractivity contribution in [2.75, 3.05) is 0 Å². The van der Waals surface area contributed by atoms with Gasteiger partial charge in [0.05, 0.1) is 5.56 Å². The minimum absolute atomic E-state index is 0.0156. The molecule has 0 saturated heterocycles. The Morgan fingerprint density at radius 1 is 1.14 bits per heavy atom. The summed E-state index contributed by atoms with van der Waals surface area (Å²) in [6, 6.07) is 4.56. The topological polar surface area (TPSA) is 184 Å². The molecule has 0 bridgehead atoms. The summed E-state index contributed by atoms with van der Waals surface area (Å²) in [4.78, 5) is 51.7. The van der Waals surface area contributed by atoms with E-state index < -0.39 is 76.4 Å². The van der Waals surface area contributed by atoms with Gasteiger partial charge in [-0.3, -0.25) is 19.2 Å². The highest BCUT2D eigenvalue weighted by atomic mass is 16.5. The number of aromatic hydroxyl groups is 1. The second-order valence-electron chi connectivity index (χ2n) is 10.5. The van der Waals surface area contributed by atoms with Crippen LogP contribution in [0.1, 0.15) is 62.5 Å². The number of ether oxygens (including phenoxy) is 1. The highest BCUT2D eigenvalue weighted by molar-refractivity contribution is 6.23. The zero-order valence-electron chi connectivity index (χ0n) is 20.3. The van der Waals surface area contributed by atoms with Crippen molar-refractivity contribution in [2.45, 2.75) is 63.1 Å². The zero-order chi connectivity index (χ0) is 26.8. The number of rotatable bonds is 4. The summed E-state index contributed by atoms with van der Waals surface area (Å²) in [7, 11) is 0. The first-order valence-corrected chi connectivity index (χ1v) is 12.5. The average molecular weight is 512 g/mol. The molecule has 5 atom stereocenters. The number of carbonyl (C=O) groups excluding carboxylic acids is 4. The van der Waals surface area contributed by atoms with Gasteiger partial charge in [-0.15, -0.1) is 0 Å². The van der Waals surface area contributed by atoms with Gasteiger partial charge < -0.3 is 30.9 Å². The van der Waals surface area contributed by atoms with Crippen LogP contribution in [0.3, 0.4) is 0 Å². The predicted octanol–water partition coefficient (Wildman–Crippen LogP) is 2.09. The Kier molecular flexibility index (Phi) is 5.90. The van der Waals surface area contributed by atoms with E-state index in [9.17, 15) is 39.6 Å². The smallest absolute Gasteiger partial charge is 0.306 e. The minimum atomic E-state index is -2.85. The van der Waals surface area contributed by atoms with Crippen LogP contribution in [0.5, 0.6) is 5.75 Å². The number of phenolic OH excluding ortho intramolecular Hbond substituents is 1. The van der Waals surface area contributed by atoms with Crippen LogP contribution in [0.25, 0.3) is 5.76 Å². The van der Waals surface area contributed by atoms with Crippen LogP contribution in [0, 0.1) is 17.8 Å². The Balaban J connectivity index is 1.69. The largest absolute Gasteiger partial charge is 0.508 e. The van der Waals surface area contributed by atoms with E-state index in [-0.39, 0.29) is 29.2 Å². The normalized spacial score (nSPS) is 31.6. The first-order valence-electron chi connectivity index (χ1n) is 12.5. The summed E-state index contributed by atoms with van der Waals surface area (Å²) < 4.78 is 5.90. The maximum Gasteiger partial charge on any atom is 0.306 e. The molecule has 0 heterocycles. The van der Waals surface area contributed by atoms with E-state index in [1.54, 1.807) is 19.1 Å². The second kappa shape index (κ2) is 8.72. The summed E-state index contributed by atoms with van der Waals surface area (Å²) in [5.41, 5.74) is 1.62. The van der Waals surface area contributed by atoms with Gasteiger partial charge in [0.25, 0.3) is 5.91 Å². The van der Waals surface area contributed by atoms with E-state index in [1.165, 1.54) is 6.07 Å². The number of ketones is 2. The van der Waals surface area contributed by atoms with Gasteiger partial charge in [-0.25, -0.2) is 0 Å². The van der Waals surface area contributed by atoms with Gasteiger partial charge in [0.1, 0.15) is 28.9 Å². The van der Waals surface area contributed by atoms with E-state index in [0.29, 0.717) is 5.56 Å². The molecule has 37 heavy (non-hydrogen) atoms. The van der Waals surface area contributed by atoms with Crippen molar-refractivity contribution in [3.63, 3.8) is 0 Å². The first kappa shape index (κ1) is 25.0. The van der Waals surface area contributed by atoms with Gasteiger partial charge in [0.2, 0.25) is 5.78 Å². The maximum atomic E-state index is 13.8. The van der Waals surface area contributed by atoms with Crippen molar-refractivity contribution in [2.24, 2.45) is 23.5 Å². The third kappa shape index (κ3) is 3.57. The number of Topliss-reactive ketones (excluding diaryl/α,β-unsaturated/α-hetero) is 2. The van der Waals surface area contributed by atoms with Gasteiger partial charge in [0, 0.05) is 30.3 Å². The average Bonchev–Trinajstić information content (AvgIpc) is 3.34. The summed E-state index contributed by atoms with van der Waals surface area (Å²) in [5.74, 6) is -8.98. The van der Waals surface area contributed by atoms with Crippen LogP contribution in [-0.4, -0.2) is 55.6 Å². The minimum Gasteiger partial charge on any atom is -0.508 e. The Labute approximate surface area is 212 Å². The molecular weight excluding hydrogens is 482 g/mol. The van der Waals surface area contributed by atoms with Gasteiger partial charge in [0.15, 0.2) is 11.4 Å². The van der Waals surface area contributed by atoms with Crippen LogP contribution in [-0.2, 0) is 23.9 Å². The van der Waals surface area contributed by atoms with E-state index >= 15 is 0 Å². The molecule has 4 aliphatic carbocycles. The fraction of sp³-hybridized carbons (Fsp3) is 0.481. The van der Waals surface area contributed by atoms with Crippen molar-refractivity contribution >= 4 is 29.2 Å². The van der Waals surface area contributed by atoms with Crippen molar-refractivity contribution in [3.8, 4) is 5.75 Å². The number of esters is 1. The number of amides is 1.